The van der Waals surface area contributed by atoms with E-state index in [1.54, 1.807) is 28.7 Å². The maximum Gasteiger partial charge on any atom is 0.311 e. The van der Waals surface area contributed by atoms with Crippen molar-refractivity contribution < 1.29 is 18.4 Å². The predicted octanol–water partition coefficient (Wildman–Crippen LogP) is 2.79. The fraction of sp³-hybridized carbons (Fsp3) is 0.385. The molecule has 0 aromatic heterocycles. The van der Waals surface area contributed by atoms with E-state index in [1.807, 2.05) is 0 Å². The molecule has 1 rings (SSSR count). The highest BCUT2D eigenvalue weighted by molar-refractivity contribution is 14.1. The third-order valence-electron chi connectivity index (χ3n) is 2.51. The number of ketones is 1. The lowest BCUT2D eigenvalue weighted by Crippen LogP contribution is -2.38. The molecule has 0 aliphatic heterocycles. The monoisotopic (exact) mass is 381 g/mol. The van der Waals surface area contributed by atoms with Crippen LogP contribution in [0.2, 0.25) is 0 Å². The molecular formula is C13H14F2INO2. The zero-order chi connectivity index (χ0) is 14.6. The molecule has 104 valence electrons. The molecule has 0 N–H and O–H groups in total. The van der Waals surface area contributed by atoms with Gasteiger partial charge in [-0.2, -0.15) is 8.78 Å². The number of carbonyl (C=O) groups is 2. The number of rotatable bonds is 5. The molecule has 1 aromatic carbocycles. The second-order valence-electron chi connectivity index (χ2n) is 4.30. The van der Waals surface area contributed by atoms with Crippen LogP contribution in [0.15, 0.2) is 30.3 Å². The summed E-state index contributed by atoms with van der Waals surface area (Å²) in [6.07, 6.45) is -0.793. The molecule has 0 saturated heterocycles. The lowest BCUT2D eigenvalue weighted by molar-refractivity contribution is -0.128. The van der Waals surface area contributed by atoms with Crippen LogP contribution >= 0.6 is 22.6 Å². The van der Waals surface area contributed by atoms with Crippen LogP contribution in [0.5, 0.6) is 0 Å². The largest absolute Gasteiger partial charge is 0.348 e. The number of alkyl halides is 3. The maximum atomic E-state index is 13.9. The Balaban J connectivity index is 2.81. The molecule has 0 heterocycles. The van der Waals surface area contributed by atoms with Gasteiger partial charge in [0, 0.05) is 26.1 Å². The highest BCUT2D eigenvalue weighted by atomic mass is 127. The van der Waals surface area contributed by atoms with Crippen molar-refractivity contribution >= 4 is 34.3 Å². The highest BCUT2D eigenvalue weighted by Crippen LogP contribution is 2.29. The first-order valence-electron chi connectivity index (χ1n) is 5.58. The first-order chi connectivity index (χ1) is 8.75. The molecule has 1 atom stereocenters. The Morgan fingerprint density at radius 3 is 2.26 bits per heavy atom. The summed E-state index contributed by atoms with van der Waals surface area (Å²) in [6.45, 7) is 0. The molecular weight excluding hydrogens is 367 g/mol. The van der Waals surface area contributed by atoms with Crippen molar-refractivity contribution in [3.63, 3.8) is 0 Å². The summed E-state index contributed by atoms with van der Waals surface area (Å²) in [7, 11) is 2.98. The van der Waals surface area contributed by atoms with Crippen molar-refractivity contribution in [1.82, 2.24) is 4.90 Å². The summed E-state index contributed by atoms with van der Waals surface area (Å²) in [5, 5.41) is 0. The van der Waals surface area contributed by atoms with E-state index in [1.165, 1.54) is 43.3 Å². The van der Waals surface area contributed by atoms with E-state index in [4.69, 9.17) is 0 Å². The topological polar surface area (TPSA) is 37.4 Å². The van der Waals surface area contributed by atoms with Gasteiger partial charge in [0.05, 0.1) is 3.92 Å². The van der Waals surface area contributed by atoms with E-state index in [2.05, 4.69) is 0 Å². The quantitative estimate of drug-likeness (QED) is 0.447. The molecule has 6 heteroatoms. The number of amides is 1. The van der Waals surface area contributed by atoms with Gasteiger partial charge in [-0.25, -0.2) is 0 Å². The Bertz CT molecular complexity index is 463. The number of hydrogen-bond acceptors (Lipinski definition) is 2. The third kappa shape index (κ3) is 4.22. The minimum atomic E-state index is -3.54. The molecule has 0 saturated carbocycles. The first-order valence-corrected chi connectivity index (χ1v) is 6.83. The number of halogens is 3. The van der Waals surface area contributed by atoms with Gasteiger partial charge in [-0.05, 0) is 0 Å². The molecule has 3 nitrogen and oxygen atoms in total. The van der Waals surface area contributed by atoms with Gasteiger partial charge in [-0.1, -0.05) is 52.9 Å². The average molecular weight is 381 g/mol. The van der Waals surface area contributed by atoms with Crippen LogP contribution in [0.1, 0.15) is 16.8 Å². The van der Waals surface area contributed by atoms with Gasteiger partial charge in [-0.15, -0.1) is 0 Å². The van der Waals surface area contributed by atoms with Crippen molar-refractivity contribution in [3.8, 4) is 0 Å². The minimum Gasteiger partial charge on any atom is -0.348 e. The van der Waals surface area contributed by atoms with Gasteiger partial charge in [-0.3, -0.25) is 9.59 Å². The fourth-order valence-electron chi connectivity index (χ4n) is 1.49. The van der Waals surface area contributed by atoms with Gasteiger partial charge >= 0.3 is 5.92 Å². The van der Waals surface area contributed by atoms with E-state index in [0.29, 0.717) is 0 Å². The van der Waals surface area contributed by atoms with E-state index >= 15 is 0 Å². The highest BCUT2D eigenvalue weighted by Gasteiger charge is 2.42. The normalized spacial score (nSPS) is 12.9. The molecule has 1 aromatic rings. The summed E-state index contributed by atoms with van der Waals surface area (Å²) in [5.74, 6) is -5.22. The Kier molecular flexibility index (Phi) is 5.39. The zero-order valence-corrected chi connectivity index (χ0v) is 12.7. The van der Waals surface area contributed by atoms with E-state index in [0.717, 1.165) is 0 Å². The second kappa shape index (κ2) is 6.40. The van der Waals surface area contributed by atoms with Crippen molar-refractivity contribution in [2.75, 3.05) is 14.1 Å². The Morgan fingerprint density at radius 2 is 1.79 bits per heavy atom. The molecule has 0 fully saturated rings. The van der Waals surface area contributed by atoms with Crippen LogP contribution in [-0.2, 0) is 4.79 Å². The average Bonchev–Trinajstić information content (AvgIpc) is 2.37. The minimum absolute atomic E-state index is 0.0478. The van der Waals surface area contributed by atoms with Gasteiger partial charge < -0.3 is 4.90 Å². The standard InChI is InChI=1S/C13H14F2INO2/c1-17(2)12(19)10(16)8-13(14,15)11(18)9-6-4-3-5-7-9/h3-7,10H,8H2,1-2H3. The summed E-state index contributed by atoms with van der Waals surface area (Å²) < 4.78 is 26.8. The third-order valence-corrected chi connectivity index (χ3v) is 3.49. The molecule has 0 bridgehead atoms. The Labute approximate surface area is 124 Å². The second-order valence-corrected chi connectivity index (χ2v) is 5.81. The van der Waals surface area contributed by atoms with Crippen LogP contribution in [0.4, 0.5) is 8.78 Å². The predicted molar refractivity (Wildman–Crippen MR) is 76.8 cm³/mol. The molecule has 0 spiro atoms. The van der Waals surface area contributed by atoms with Crippen LogP contribution in [0.25, 0.3) is 0 Å². The Hall–Kier alpha value is -1.05. The van der Waals surface area contributed by atoms with Crippen LogP contribution < -0.4 is 0 Å². The van der Waals surface area contributed by atoms with Crippen LogP contribution in [0.3, 0.4) is 0 Å². The van der Waals surface area contributed by atoms with Gasteiger partial charge in [0.15, 0.2) is 0 Å². The van der Waals surface area contributed by atoms with Gasteiger partial charge in [0.2, 0.25) is 11.7 Å². The molecule has 0 aliphatic carbocycles. The van der Waals surface area contributed by atoms with Gasteiger partial charge in [0.25, 0.3) is 0 Å². The smallest absolute Gasteiger partial charge is 0.311 e. The van der Waals surface area contributed by atoms with Gasteiger partial charge in [0.1, 0.15) is 0 Å². The lowest BCUT2D eigenvalue weighted by atomic mass is 10.0. The fourth-order valence-corrected chi connectivity index (χ4v) is 2.60. The molecule has 0 aliphatic rings. The number of nitrogens with zero attached hydrogens (tertiary/aromatic N) is 1. The molecule has 1 amide bonds. The summed E-state index contributed by atoms with van der Waals surface area (Å²) >= 11 is 1.64. The van der Waals surface area contributed by atoms with Crippen molar-refractivity contribution in [2.45, 2.75) is 16.3 Å². The number of carbonyl (C=O) groups excluding carboxylic acids is 2. The Morgan fingerprint density at radius 1 is 1.26 bits per heavy atom. The summed E-state index contributed by atoms with van der Waals surface area (Å²) in [4.78, 5) is 24.5. The number of hydrogen-bond donors (Lipinski definition) is 0. The number of benzene rings is 1. The molecule has 1 unspecified atom stereocenters. The molecule has 0 radical (unpaired) electrons. The van der Waals surface area contributed by atoms with E-state index < -0.39 is 28.0 Å². The first kappa shape index (κ1) is 16.0. The lowest BCUT2D eigenvalue weighted by Gasteiger charge is -2.20. The summed E-state index contributed by atoms with van der Waals surface area (Å²) in [5.41, 5.74) is -0.0478. The van der Waals surface area contributed by atoms with E-state index in [-0.39, 0.29) is 5.56 Å². The summed E-state index contributed by atoms with van der Waals surface area (Å²) in [6, 6.07) is 7.37. The zero-order valence-electron chi connectivity index (χ0n) is 10.6. The van der Waals surface area contributed by atoms with Crippen molar-refractivity contribution in [3.05, 3.63) is 35.9 Å². The van der Waals surface area contributed by atoms with Crippen LogP contribution in [-0.4, -0.2) is 40.5 Å². The van der Waals surface area contributed by atoms with E-state index in [9.17, 15) is 18.4 Å². The molecule has 19 heavy (non-hydrogen) atoms. The van der Waals surface area contributed by atoms with Crippen molar-refractivity contribution in [1.29, 1.82) is 0 Å². The maximum absolute atomic E-state index is 13.9. The van der Waals surface area contributed by atoms with Crippen molar-refractivity contribution in [2.24, 2.45) is 0 Å². The van der Waals surface area contributed by atoms with Crippen LogP contribution in [0, 0.1) is 0 Å². The number of Topliss-reactive ketones (excluding diaryl/α,β-unsaturated/α-hetero) is 1. The SMILES string of the molecule is CN(C)C(=O)C(I)CC(F)(F)C(=O)c1ccccc1.